The number of carbonyl (C=O) groups is 2. The van der Waals surface area contributed by atoms with Crippen LogP contribution >= 0.6 is 45.2 Å². The Bertz CT molecular complexity index is 1290. The molecule has 178 valence electrons. The third-order valence-electron chi connectivity index (χ3n) is 5.00. The Morgan fingerprint density at radius 1 is 1.00 bits per heavy atom. The van der Waals surface area contributed by atoms with Gasteiger partial charge in [0.2, 0.25) is 11.8 Å². The van der Waals surface area contributed by atoms with Gasteiger partial charge in [-0.3, -0.25) is 9.59 Å². The van der Waals surface area contributed by atoms with Gasteiger partial charge in [-0.25, -0.2) is 5.43 Å². The molecule has 3 aromatic carbocycles. The highest BCUT2D eigenvalue weighted by atomic mass is 127. The Hall–Kier alpha value is -2.98. The predicted octanol–water partition coefficient (Wildman–Crippen LogP) is 5.44. The second-order valence-corrected chi connectivity index (χ2v) is 10.1. The number of rotatable bonds is 8. The van der Waals surface area contributed by atoms with Crippen molar-refractivity contribution < 1.29 is 14.3 Å². The average Bonchev–Trinajstić information content (AvgIpc) is 2.81. The van der Waals surface area contributed by atoms with Crippen LogP contribution in [0.15, 0.2) is 59.7 Å². The summed E-state index contributed by atoms with van der Waals surface area (Å²) in [4.78, 5) is 24.2. The predicted molar refractivity (Wildman–Crippen MR) is 152 cm³/mol. The summed E-state index contributed by atoms with van der Waals surface area (Å²) in [6, 6.07) is 18.7. The molecule has 0 aliphatic rings. The monoisotopic (exact) mass is 692 g/mol. The van der Waals surface area contributed by atoms with Crippen LogP contribution in [-0.4, -0.2) is 18.0 Å². The van der Waals surface area contributed by atoms with E-state index in [-0.39, 0.29) is 6.42 Å². The first-order valence-electron chi connectivity index (χ1n) is 10.5. The maximum atomic E-state index is 12.1. The van der Waals surface area contributed by atoms with Crippen molar-refractivity contribution in [3.63, 3.8) is 0 Å². The van der Waals surface area contributed by atoms with Crippen molar-refractivity contribution >= 4 is 68.9 Å². The maximum Gasteiger partial charge on any atom is 0.249 e. The van der Waals surface area contributed by atoms with Gasteiger partial charge in [-0.15, -0.1) is 0 Å². The van der Waals surface area contributed by atoms with Crippen LogP contribution in [0.1, 0.15) is 34.2 Å². The zero-order chi connectivity index (χ0) is 25.4. The Kier molecular flexibility index (Phi) is 9.62. The van der Waals surface area contributed by atoms with Crippen molar-refractivity contribution in [2.45, 2.75) is 26.9 Å². The fourth-order valence-electron chi connectivity index (χ4n) is 3.01. The fourth-order valence-corrected chi connectivity index (χ4v) is 5.14. The first-order valence-corrected chi connectivity index (χ1v) is 12.7. The fraction of sp³-hybridized carbons (Fsp3) is 0.154. The molecule has 0 aromatic heterocycles. The molecule has 0 bridgehead atoms. The lowest BCUT2D eigenvalue weighted by Crippen LogP contribution is -2.24. The van der Waals surface area contributed by atoms with E-state index in [1.807, 2.05) is 50.2 Å². The van der Waals surface area contributed by atoms with Crippen LogP contribution in [0.4, 0.5) is 5.69 Å². The van der Waals surface area contributed by atoms with E-state index < -0.39 is 11.8 Å². The highest BCUT2D eigenvalue weighted by Gasteiger charge is 2.11. The smallest absolute Gasteiger partial charge is 0.249 e. The summed E-state index contributed by atoms with van der Waals surface area (Å²) in [5.41, 5.74) is 7.59. The summed E-state index contributed by atoms with van der Waals surface area (Å²) in [6.07, 6.45) is 1.19. The molecule has 0 aliphatic heterocycles. The van der Waals surface area contributed by atoms with Crippen molar-refractivity contribution in [3.8, 4) is 11.8 Å². The number of halogens is 2. The van der Waals surface area contributed by atoms with Crippen LogP contribution < -0.4 is 15.5 Å². The molecule has 0 saturated heterocycles. The minimum absolute atomic E-state index is 0.332. The van der Waals surface area contributed by atoms with E-state index in [2.05, 4.69) is 67.1 Å². The molecule has 2 N–H and O–H groups in total. The lowest BCUT2D eigenvalue weighted by molar-refractivity contribution is -0.126. The number of nitrogens with one attached hydrogen (secondary N) is 2. The van der Waals surface area contributed by atoms with E-state index in [1.54, 1.807) is 18.2 Å². The summed E-state index contributed by atoms with van der Waals surface area (Å²) >= 11 is 4.37. The molecule has 0 unspecified atom stereocenters. The van der Waals surface area contributed by atoms with Gasteiger partial charge in [0.25, 0.3) is 0 Å². The zero-order valence-electron chi connectivity index (χ0n) is 19.1. The Labute approximate surface area is 231 Å². The van der Waals surface area contributed by atoms with Gasteiger partial charge in [0.15, 0.2) is 0 Å². The first-order chi connectivity index (χ1) is 16.7. The number of hydrazone groups is 1. The number of nitriles is 1. The molecule has 3 aromatic rings. The van der Waals surface area contributed by atoms with E-state index in [4.69, 9.17) is 10.00 Å². The second-order valence-electron chi connectivity index (χ2n) is 7.73. The lowest BCUT2D eigenvalue weighted by Gasteiger charge is -2.11. The van der Waals surface area contributed by atoms with Crippen LogP contribution in [0.2, 0.25) is 0 Å². The first kappa shape index (κ1) is 26.6. The minimum Gasteiger partial charge on any atom is -0.487 e. The summed E-state index contributed by atoms with van der Waals surface area (Å²) in [7, 11) is 0. The van der Waals surface area contributed by atoms with Crippen molar-refractivity contribution in [2.75, 3.05) is 5.32 Å². The van der Waals surface area contributed by atoms with Gasteiger partial charge in [0, 0.05) is 5.69 Å². The topological polar surface area (TPSA) is 104 Å². The van der Waals surface area contributed by atoms with E-state index in [0.29, 0.717) is 17.9 Å². The number of amides is 2. The molecule has 0 heterocycles. The van der Waals surface area contributed by atoms with Crippen molar-refractivity contribution in [1.82, 2.24) is 5.43 Å². The van der Waals surface area contributed by atoms with Crippen LogP contribution in [0.3, 0.4) is 0 Å². The molecule has 2 amide bonds. The Morgan fingerprint density at radius 2 is 1.69 bits per heavy atom. The van der Waals surface area contributed by atoms with Crippen LogP contribution in [0.25, 0.3) is 0 Å². The van der Waals surface area contributed by atoms with Crippen molar-refractivity contribution in [2.24, 2.45) is 5.10 Å². The molecule has 0 aliphatic carbocycles. The van der Waals surface area contributed by atoms with Gasteiger partial charge < -0.3 is 10.1 Å². The number of hydrogen-bond donors (Lipinski definition) is 2. The number of ether oxygens (including phenoxy) is 1. The molecule has 3 rings (SSSR count). The number of carbonyl (C=O) groups excluding carboxylic acids is 2. The third-order valence-corrected chi connectivity index (χ3v) is 6.60. The quantitative estimate of drug-likeness (QED) is 0.142. The number of nitrogens with zero attached hydrogens (tertiary/aromatic N) is 2. The summed E-state index contributed by atoms with van der Waals surface area (Å²) in [6.45, 7) is 4.33. The molecule has 35 heavy (non-hydrogen) atoms. The van der Waals surface area contributed by atoms with Crippen LogP contribution in [0, 0.1) is 32.3 Å². The summed E-state index contributed by atoms with van der Waals surface area (Å²) < 4.78 is 7.76. The SMILES string of the molecule is Cc1ccc(NC(=O)CC(=O)NN=Cc2cc(I)c(OCc3ccc(C#N)cc3)c(I)c2)cc1C. The van der Waals surface area contributed by atoms with Gasteiger partial charge in [-0.05, 0) is 118 Å². The highest BCUT2D eigenvalue weighted by Crippen LogP contribution is 2.29. The molecule has 7 nitrogen and oxygen atoms in total. The van der Waals surface area contributed by atoms with Crippen LogP contribution in [-0.2, 0) is 16.2 Å². The van der Waals surface area contributed by atoms with E-state index in [0.717, 1.165) is 35.1 Å². The molecular formula is C26H22I2N4O3. The number of benzene rings is 3. The molecule has 9 heteroatoms. The minimum atomic E-state index is -0.505. The molecule has 0 fully saturated rings. The maximum absolute atomic E-state index is 12.1. The Balaban J connectivity index is 1.52. The molecular weight excluding hydrogens is 670 g/mol. The number of aryl methyl sites for hydroxylation is 2. The van der Waals surface area contributed by atoms with E-state index in [9.17, 15) is 9.59 Å². The van der Waals surface area contributed by atoms with Gasteiger partial charge in [-0.1, -0.05) is 18.2 Å². The lowest BCUT2D eigenvalue weighted by atomic mass is 10.1. The largest absolute Gasteiger partial charge is 0.487 e. The molecule has 0 spiro atoms. The summed E-state index contributed by atoms with van der Waals surface area (Å²) in [5.74, 6) is -0.164. The number of anilines is 1. The molecule has 0 atom stereocenters. The number of hydrogen-bond acceptors (Lipinski definition) is 5. The van der Waals surface area contributed by atoms with Gasteiger partial charge >= 0.3 is 0 Å². The van der Waals surface area contributed by atoms with Crippen molar-refractivity contribution in [3.05, 3.63) is 89.6 Å². The average molecular weight is 692 g/mol. The molecule has 0 radical (unpaired) electrons. The summed E-state index contributed by atoms with van der Waals surface area (Å²) in [5, 5.41) is 15.6. The highest BCUT2D eigenvalue weighted by molar-refractivity contribution is 14.1. The van der Waals surface area contributed by atoms with Gasteiger partial charge in [0.05, 0.1) is 25.0 Å². The Morgan fingerprint density at radius 3 is 2.31 bits per heavy atom. The van der Waals surface area contributed by atoms with Crippen molar-refractivity contribution in [1.29, 1.82) is 5.26 Å². The standard InChI is InChI=1S/C26H22I2N4O3/c1-16-3-8-21(9-17(16)2)31-24(33)12-25(34)32-30-14-20-10-22(27)26(23(28)11-20)35-15-19-6-4-18(13-29)5-7-19/h3-11,14H,12,15H2,1-2H3,(H,31,33)(H,32,34). The van der Waals surface area contributed by atoms with Gasteiger partial charge in [0.1, 0.15) is 18.8 Å². The van der Waals surface area contributed by atoms with E-state index >= 15 is 0 Å². The normalized spacial score (nSPS) is 10.6. The van der Waals surface area contributed by atoms with Crippen LogP contribution in [0.5, 0.6) is 5.75 Å². The van der Waals surface area contributed by atoms with E-state index in [1.165, 1.54) is 6.21 Å². The zero-order valence-corrected chi connectivity index (χ0v) is 23.4. The third kappa shape index (κ3) is 8.03. The second kappa shape index (κ2) is 12.6. The molecule has 0 saturated carbocycles. The van der Waals surface area contributed by atoms with Gasteiger partial charge in [-0.2, -0.15) is 10.4 Å².